The van der Waals surface area contributed by atoms with E-state index in [1.165, 1.54) is 9.78 Å². The molecule has 156 valence electrons. The van der Waals surface area contributed by atoms with Crippen molar-refractivity contribution in [1.82, 2.24) is 15.7 Å². The molecule has 0 fully saturated rings. The van der Waals surface area contributed by atoms with Crippen LogP contribution in [0.4, 0.5) is 4.79 Å². The van der Waals surface area contributed by atoms with Gasteiger partial charge in [0.25, 0.3) is 0 Å². The zero-order valence-electron chi connectivity index (χ0n) is 15.1. The summed E-state index contributed by atoms with van der Waals surface area (Å²) in [6, 6.07) is 4.07. The van der Waals surface area contributed by atoms with Crippen LogP contribution in [-0.4, -0.2) is 75.5 Å². The van der Waals surface area contributed by atoms with Gasteiger partial charge in [-0.05, 0) is 43.6 Å². The van der Waals surface area contributed by atoms with Crippen molar-refractivity contribution in [3.63, 3.8) is 0 Å². The summed E-state index contributed by atoms with van der Waals surface area (Å²) in [7, 11) is 1.69. The van der Waals surface area contributed by atoms with Crippen molar-refractivity contribution in [2.75, 3.05) is 26.8 Å². The Balaban J connectivity index is 2.12. The Labute approximate surface area is 161 Å². The van der Waals surface area contributed by atoms with Crippen molar-refractivity contribution >= 4 is 17.4 Å². The number of aryl methyl sites for hydroxylation is 1. The Bertz CT molecular complexity index is 503. The molecule has 1 atom stereocenters. The summed E-state index contributed by atoms with van der Waals surface area (Å²) in [4.78, 5) is 23.7. The molecule has 0 bridgehead atoms. The maximum Gasteiger partial charge on any atom is 0.409 e. The lowest BCUT2D eigenvalue weighted by molar-refractivity contribution is -0.527. The first-order chi connectivity index (χ1) is 12.9. The summed E-state index contributed by atoms with van der Waals surface area (Å²) in [5, 5.41) is 35.3. The maximum absolute atomic E-state index is 11.9. The van der Waals surface area contributed by atoms with Gasteiger partial charge >= 0.3 is 6.09 Å². The van der Waals surface area contributed by atoms with Crippen LogP contribution < -0.4 is 0 Å². The summed E-state index contributed by atoms with van der Waals surface area (Å²) < 4.78 is 5.17. The molecule has 1 amide bonds. The molecule has 0 saturated carbocycles. The molecule has 0 saturated heterocycles. The van der Waals surface area contributed by atoms with Crippen LogP contribution in [-0.2, 0) is 20.8 Å². The highest BCUT2D eigenvalue weighted by molar-refractivity contribution is 7.09. The molecule has 1 heterocycles. The largest absolute Gasteiger partial charge is 0.449 e. The number of hydrogen-bond donors (Lipinski definition) is 4. The average molecular weight is 409 g/mol. The lowest BCUT2D eigenvalue weighted by Gasteiger charge is -2.19. The Morgan fingerprint density at radius 1 is 1.19 bits per heavy atom. The van der Waals surface area contributed by atoms with E-state index in [2.05, 4.69) is 15.7 Å². The molecule has 4 N–H and O–H groups in total. The smallest absolute Gasteiger partial charge is 0.409 e. The van der Waals surface area contributed by atoms with Gasteiger partial charge in [-0.1, -0.05) is 6.07 Å². The lowest BCUT2D eigenvalue weighted by atomic mass is 10.2. The van der Waals surface area contributed by atoms with Crippen molar-refractivity contribution in [2.24, 2.45) is 0 Å². The first-order valence-electron chi connectivity index (χ1n) is 8.44. The fraction of sp³-hybridized carbons (Fsp3) is 0.667. The van der Waals surface area contributed by atoms with Gasteiger partial charge in [0.15, 0.2) is 0 Å². The van der Waals surface area contributed by atoms with E-state index in [-0.39, 0.29) is 13.2 Å². The molecule has 1 aromatic rings. The minimum Gasteiger partial charge on any atom is -0.449 e. The number of nitrogens with zero attached hydrogens (tertiary/aromatic N) is 3. The van der Waals surface area contributed by atoms with Crippen LogP contribution in [0.15, 0.2) is 17.5 Å². The standard InChI is InChI=1S/C15H27N3O8S/c1-16(9-4-7-14-8-5-11-27-14)15(19)24-10-3-2-6-13(26-18(22)23)12-25-17(20)21/h5,8,11,13,20-23H,2-4,6-7,9-10,12H2,1H3/t13-/m0/s1. The normalized spacial score (nSPS) is 12.6. The number of carbonyl (C=O) groups is 1. The molecule has 11 nitrogen and oxygen atoms in total. The predicted molar refractivity (Wildman–Crippen MR) is 92.1 cm³/mol. The Hall–Kier alpha value is -1.35. The number of rotatable bonds is 14. The van der Waals surface area contributed by atoms with Gasteiger partial charge in [-0.2, -0.15) is 0 Å². The lowest BCUT2D eigenvalue weighted by Crippen LogP contribution is -2.31. The fourth-order valence-corrected chi connectivity index (χ4v) is 2.98. The molecule has 0 aliphatic rings. The zero-order valence-corrected chi connectivity index (χ0v) is 16.0. The minimum atomic E-state index is -0.836. The molecule has 0 aliphatic heterocycles. The van der Waals surface area contributed by atoms with E-state index >= 15 is 0 Å². The molecule has 0 radical (unpaired) electrons. The van der Waals surface area contributed by atoms with E-state index in [0.717, 1.165) is 12.8 Å². The quantitative estimate of drug-likeness (QED) is 0.268. The molecule has 0 spiro atoms. The number of unbranched alkanes of at least 4 members (excludes halogenated alkanes) is 1. The van der Waals surface area contributed by atoms with Crippen molar-refractivity contribution in [3.8, 4) is 0 Å². The third-order valence-electron chi connectivity index (χ3n) is 3.57. The van der Waals surface area contributed by atoms with Crippen LogP contribution >= 0.6 is 11.3 Å². The van der Waals surface area contributed by atoms with Crippen LogP contribution in [0, 0.1) is 0 Å². The van der Waals surface area contributed by atoms with Gasteiger partial charge in [-0.15, -0.1) is 11.3 Å². The first-order valence-corrected chi connectivity index (χ1v) is 9.32. The van der Waals surface area contributed by atoms with E-state index in [1.807, 2.05) is 11.4 Å². The minimum absolute atomic E-state index is 0.204. The second-order valence-corrected chi connectivity index (χ2v) is 6.78. The van der Waals surface area contributed by atoms with Crippen LogP contribution in [0.1, 0.15) is 30.6 Å². The third-order valence-corrected chi connectivity index (χ3v) is 4.51. The van der Waals surface area contributed by atoms with Gasteiger partial charge in [0.05, 0.1) is 17.4 Å². The van der Waals surface area contributed by atoms with Gasteiger partial charge < -0.3 is 9.64 Å². The summed E-state index contributed by atoms with van der Waals surface area (Å²) >= 11 is 1.69. The second kappa shape index (κ2) is 13.8. The summed E-state index contributed by atoms with van der Waals surface area (Å²) in [6.45, 7) is 0.485. The van der Waals surface area contributed by atoms with Crippen molar-refractivity contribution in [1.29, 1.82) is 0 Å². The molecule has 1 rings (SSSR count). The summed E-state index contributed by atoms with van der Waals surface area (Å²) in [5.41, 5.74) is 0. The monoisotopic (exact) mass is 409 g/mol. The van der Waals surface area contributed by atoms with E-state index in [9.17, 15) is 4.79 Å². The number of ether oxygens (including phenoxy) is 1. The summed E-state index contributed by atoms with van der Waals surface area (Å²) in [6.07, 6.45) is 1.89. The van der Waals surface area contributed by atoms with Gasteiger partial charge in [0.1, 0.15) is 12.7 Å². The maximum atomic E-state index is 11.9. The van der Waals surface area contributed by atoms with Crippen LogP contribution in [0.2, 0.25) is 0 Å². The van der Waals surface area contributed by atoms with Gasteiger partial charge in [0, 0.05) is 18.5 Å². The van der Waals surface area contributed by atoms with Crippen LogP contribution in [0.5, 0.6) is 0 Å². The highest BCUT2D eigenvalue weighted by Gasteiger charge is 2.15. The number of hydrogen-bond acceptors (Lipinski definition) is 11. The van der Waals surface area contributed by atoms with Gasteiger partial charge in [-0.25, -0.2) is 14.5 Å². The van der Waals surface area contributed by atoms with E-state index < -0.39 is 23.0 Å². The van der Waals surface area contributed by atoms with Crippen molar-refractivity contribution < 1.29 is 40.0 Å². The fourth-order valence-electron chi connectivity index (χ4n) is 2.23. The molecule has 0 aromatic carbocycles. The number of thiophene rings is 1. The third kappa shape index (κ3) is 11.9. The van der Waals surface area contributed by atoms with E-state index in [0.29, 0.717) is 25.8 Å². The SMILES string of the molecule is CN(CCCc1cccs1)C(=O)OCCCC[C@@H](CON(O)O)ON(O)O. The number of carbonyl (C=O) groups excluding carboxylic acids is 1. The average Bonchev–Trinajstić information content (AvgIpc) is 3.11. The molecule has 27 heavy (non-hydrogen) atoms. The number of amides is 1. The second-order valence-electron chi connectivity index (χ2n) is 5.74. The highest BCUT2D eigenvalue weighted by Crippen LogP contribution is 2.11. The topological polar surface area (TPSA) is 135 Å². The zero-order chi connectivity index (χ0) is 20.1. The Kier molecular flexibility index (Phi) is 12.1. The van der Waals surface area contributed by atoms with Crippen molar-refractivity contribution in [2.45, 2.75) is 38.2 Å². The van der Waals surface area contributed by atoms with Gasteiger partial charge in [-0.3, -0.25) is 20.8 Å². The van der Waals surface area contributed by atoms with Crippen LogP contribution in [0.3, 0.4) is 0 Å². The first kappa shape index (κ1) is 23.7. The van der Waals surface area contributed by atoms with E-state index in [1.54, 1.807) is 18.4 Å². The summed E-state index contributed by atoms with van der Waals surface area (Å²) in [5.74, 6) is 0. The predicted octanol–water partition coefficient (Wildman–Crippen LogP) is 2.31. The molecule has 12 heteroatoms. The molecular formula is C15H27N3O8S. The van der Waals surface area contributed by atoms with Crippen LogP contribution in [0.25, 0.3) is 0 Å². The van der Waals surface area contributed by atoms with Gasteiger partial charge in [0.2, 0.25) is 0 Å². The molecule has 0 unspecified atom stereocenters. The molecule has 0 aliphatic carbocycles. The van der Waals surface area contributed by atoms with E-state index in [4.69, 9.17) is 25.6 Å². The highest BCUT2D eigenvalue weighted by atomic mass is 32.1. The van der Waals surface area contributed by atoms with Crippen molar-refractivity contribution in [3.05, 3.63) is 22.4 Å². The Morgan fingerprint density at radius 2 is 1.96 bits per heavy atom. The molecular weight excluding hydrogens is 382 g/mol. The molecule has 1 aromatic heterocycles. The Morgan fingerprint density at radius 3 is 2.59 bits per heavy atom.